The SMILES string of the molecule is CC[C@@H](C(=O)NCC(C)C)N(Cc1ccc(OC)cc1)C(=O)Cc1ccc(OC)cc1. The molecule has 6 heteroatoms. The first kappa shape index (κ1) is 24.3. The van der Waals surface area contributed by atoms with Gasteiger partial charge in [-0.3, -0.25) is 9.59 Å². The summed E-state index contributed by atoms with van der Waals surface area (Å²) in [4.78, 5) is 27.9. The Kier molecular flexibility index (Phi) is 9.38. The maximum Gasteiger partial charge on any atom is 0.242 e. The molecular formula is C25H34N2O4. The molecule has 0 saturated carbocycles. The fourth-order valence-corrected chi connectivity index (χ4v) is 3.29. The van der Waals surface area contributed by atoms with Crippen LogP contribution in [0, 0.1) is 5.92 Å². The molecule has 168 valence electrons. The summed E-state index contributed by atoms with van der Waals surface area (Å²) >= 11 is 0. The predicted octanol–water partition coefficient (Wildman–Crippen LogP) is 3.83. The van der Waals surface area contributed by atoms with Crippen LogP contribution in [0.5, 0.6) is 11.5 Å². The van der Waals surface area contributed by atoms with Crippen LogP contribution < -0.4 is 14.8 Å². The van der Waals surface area contributed by atoms with Crippen molar-refractivity contribution in [3.8, 4) is 11.5 Å². The van der Waals surface area contributed by atoms with Gasteiger partial charge >= 0.3 is 0 Å². The number of carbonyl (C=O) groups excluding carboxylic acids is 2. The van der Waals surface area contributed by atoms with E-state index in [1.165, 1.54) is 0 Å². The van der Waals surface area contributed by atoms with E-state index in [0.717, 1.165) is 22.6 Å². The lowest BCUT2D eigenvalue weighted by Gasteiger charge is -2.31. The van der Waals surface area contributed by atoms with Crippen LogP contribution in [0.3, 0.4) is 0 Å². The predicted molar refractivity (Wildman–Crippen MR) is 122 cm³/mol. The molecule has 0 aromatic heterocycles. The van der Waals surface area contributed by atoms with Crippen molar-refractivity contribution < 1.29 is 19.1 Å². The lowest BCUT2D eigenvalue weighted by molar-refractivity contribution is -0.141. The Hall–Kier alpha value is -3.02. The lowest BCUT2D eigenvalue weighted by Crippen LogP contribution is -2.50. The van der Waals surface area contributed by atoms with Gasteiger partial charge in [-0.15, -0.1) is 0 Å². The van der Waals surface area contributed by atoms with Crippen LogP contribution in [-0.4, -0.2) is 43.5 Å². The first-order chi connectivity index (χ1) is 14.9. The number of amides is 2. The zero-order valence-electron chi connectivity index (χ0n) is 19.2. The highest BCUT2D eigenvalue weighted by Gasteiger charge is 2.28. The molecule has 0 radical (unpaired) electrons. The van der Waals surface area contributed by atoms with Crippen LogP contribution in [0.2, 0.25) is 0 Å². The van der Waals surface area contributed by atoms with Gasteiger partial charge in [0.25, 0.3) is 0 Å². The highest BCUT2D eigenvalue weighted by Crippen LogP contribution is 2.18. The van der Waals surface area contributed by atoms with Gasteiger partial charge in [0.2, 0.25) is 11.8 Å². The van der Waals surface area contributed by atoms with Gasteiger partial charge in [-0.1, -0.05) is 45.0 Å². The van der Waals surface area contributed by atoms with E-state index in [4.69, 9.17) is 9.47 Å². The second-order valence-corrected chi connectivity index (χ2v) is 7.96. The zero-order valence-corrected chi connectivity index (χ0v) is 19.2. The highest BCUT2D eigenvalue weighted by molar-refractivity contribution is 5.88. The van der Waals surface area contributed by atoms with E-state index in [-0.39, 0.29) is 18.2 Å². The number of nitrogens with one attached hydrogen (secondary N) is 1. The fraction of sp³-hybridized carbons (Fsp3) is 0.440. The van der Waals surface area contributed by atoms with E-state index in [9.17, 15) is 9.59 Å². The van der Waals surface area contributed by atoms with Crippen LogP contribution in [0.4, 0.5) is 0 Å². The van der Waals surface area contributed by atoms with Crippen LogP contribution in [0.1, 0.15) is 38.3 Å². The Labute approximate surface area is 185 Å². The van der Waals surface area contributed by atoms with Crippen molar-refractivity contribution in [1.29, 1.82) is 0 Å². The van der Waals surface area contributed by atoms with E-state index >= 15 is 0 Å². The van der Waals surface area contributed by atoms with Crippen molar-refractivity contribution in [2.45, 2.75) is 46.2 Å². The molecule has 0 saturated heterocycles. The third-order valence-corrected chi connectivity index (χ3v) is 5.10. The molecule has 1 N–H and O–H groups in total. The van der Waals surface area contributed by atoms with Gasteiger partial charge in [0.05, 0.1) is 20.6 Å². The lowest BCUT2D eigenvalue weighted by atomic mass is 10.1. The summed E-state index contributed by atoms with van der Waals surface area (Å²) in [6.45, 7) is 6.96. The van der Waals surface area contributed by atoms with Crippen LogP contribution in [0.15, 0.2) is 48.5 Å². The smallest absolute Gasteiger partial charge is 0.242 e. The van der Waals surface area contributed by atoms with E-state index in [2.05, 4.69) is 5.32 Å². The minimum absolute atomic E-state index is 0.0902. The van der Waals surface area contributed by atoms with Gasteiger partial charge in [-0.05, 0) is 47.7 Å². The number of hydrogen-bond acceptors (Lipinski definition) is 4. The number of ether oxygens (including phenoxy) is 2. The molecular weight excluding hydrogens is 392 g/mol. The minimum Gasteiger partial charge on any atom is -0.497 e. The molecule has 0 fully saturated rings. The summed E-state index contributed by atoms with van der Waals surface area (Å²) in [6, 6.07) is 14.5. The normalized spacial score (nSPS) is 11.7. The molecule has 2 aromatic carbocycles. The quantitative estimate of drug-likeness (QED) is 0.593. The maximum absolute atomic E-state index is 13.3. The second kappa shape index (κ2) is 12.0. The minimum atomic E-state index is -0.536. The molecule has 31 heavy (non-hydrogen) atoms. The summed E-state index contributed by atoms with van der Waals surface area (Å²) in [6.07, 6.45) is 0.753. The average molecular weight is 427 g/mol. The third kappa shape index (κ3) is 7.31. The maximum atomic E-state index is 13.3. The van der Waals surface area contributed by atoms with Crippen LogP contribution in [-0.2, 0) is 22.6 Å². The number of rotatable bonds is 11. The Morgan fingerprint density at radius 2 is 1.42 bits per heavy atom. The highest BCUT2D eigenvalue weighted by atomic mass is 16.5. The van der Waals surface area contributed by atoms with Crippen molar-refractivity contribution in [2.24, 2.45) is 5.92 Å². The Morgan fingerprint density at radius 1 is 0.903 bits per heavy atom. The Morgan fingerprint density at radius 3 is 1.87 bits per heavy atom. The van der Waals surface area contributed by atoms with Crippen molar-refractivity contribution in [2.75, 3.05) is 20.8 Å². The summed E-state index contributed by atoms with van der Waals surface area (Å²) in [5.74, 6) is 1.62. The van der Waals surface area contributed by atoms with Gasteiger partial charge in [0.15, 0.2) is 0 Å². The summed E-state index contributed by atoms with van der Waals surface area (Å²) < 4.78 is 10.4. The van der Waals surface area contributed by atoms with E-state index in [1.54, 1.807) is 19.1 Å². The number of carbonyl (C=O) groups is 2. The molecule has 2 aromatic rings. The largest absolute Gasteiger partial charge is 0.497 e. The number of nitrogens with zero attached hydrogens (tertiary/aromatic N) is 1. The van der Waals surface area contributed by atoms with Gasteiger partial charge in [0.1, 0.15) is 17.5 Å². The van der Waals surface area contributed by atoms with E-state index in [0.29, 0.717) is 25.4 Å². The number of hydrogen-bond donors (Lipinski definition) is 1. The van der Waals surface area contributed by atoms with Crippen molar-refractivity contribution in [3.63, 3.8) is 0 Å². The van der Waals surface area contributed by atoms with Crippen molar-refractivity contribution in [1.82, 2.24) is 10.2 Å². The molecule has 0 aliphatic carbocycles. The van der Waals surface area contributed by atoms with E-state index in [1.807, 2.05) is 69.3 Å². The molecule has 0 heterocycles. The van der Waals surface area contributed by atoms with Gasteiger partial charge < -0.3 is 19.7 Å². The molecule has 0 bridgehead atoms. The first-order valence-electron chi connectivity index (χ1n) is 10.7. The fourth-order valence-electron chi connectivity index (χ4n) is 3.29. The Bertz CT molecular complexity index is 832. The molecule has 0 unspecified atom stereocenters. The van der Waals surface area contributed by atoms with Crippen LogP contribution in [0.25, 0.3) is 0 Å². The van der Waals surface area contributed by atoms with Gasteiger partial charge in [0, 0.05) is 13.1 Å². The van der Waals surface area contributed by atoms with Crippen molar-refractivity contribution >= 4 is 11.8 Å². The van der Waals surface area contributed by atoms with Gasteiger partial charge in [-0.2, -0.15) is 0 Å². The number of methoxy groups -OCH3 is 2. The number of benzene rings is 2. The molecule has 0 aliphatic heterocycles. The molecule has 6 nitrogen and oxygen atoms in total. The molecule has 0 spiro atoms. The Balaban J connectivity index is 2.24. The van der Waals surface area contributed by atoms with Crippen LogP contribution >= 0.6 is 0 Å². The molecule has 0 aliphatic rings. The van der Waals surface area contributed by atoms with E-state index < -0.39 is 6.04 Å². The monoisotopic (exact) mass is 426 g/mol. The summed E-state index contributed by atoms with van der Waals surface area (Å²) in [5.41, 5.74) is 1.82. The molecule has 2 amide bonds. The zero-order chi connectivity index (χ0) is 22.8. The molecule has 1 atom stereocenters. The summed E-state index contributed by atoms with van der Waals surface area (Å²) in [5, 5.41) is 2.98. The second-order valence-electron chi connectivity index (χ2n) is 7.96. The molecule has 2 rings (SSSR count). The van der Waals surface area contributed by atoms with Crippen molar-refractivity contribution in [3.05, 3.63) is 59.7 Å². The standard InChI is InChI=1S/C25H34N2O4/c1-6-23(25(29)26-16-18(2)3)27(17-20-9-13-22(31-5)14-10-20)24(28)15-19-7-11-21(30-4)12-8-19/h7-14,18,23H,6,15-17H2,1-5H3,(H,26,29)/t23-/m0/s1. The topological polar surface area (TPSA) is 67.9 Å². The first-order valence-corrected chi connectivity index (χ1v) is 10.7. The van der Waals surface area contributed by atoms with Gasteiger partial charge in [-0.25, -0.2) is 0 Å². The third-order valence-electron chi connectivity index (χ3n) is 5.10. The average Bonchev–Trinajstić information content (AvgIpc) is 2.78. The summed E-state index contributed by atoms with van der Waals surface area (Å²) in [7, 11) is 3.23.